The third-order valence-corrected chi connectivity index (χ3v) is 5.62. The number of carbonyl (C=O) groups is 1. The Hall–Kier alpha value is -4.80. The Bertz CT molecular complexity index is 1570. The highest BCUT2D eigenvalue weighted by atomic mass is 16.5. The molecule has 0 aliphatic heterocycles. The summed E-state index contributed by atoms with van der Waals surface area (Å²) in [6.45, 7) is 4.43. The highest BCUT2D eigenvalue weighted by molar-refractivity contribution is 5.95. The lowest BCUT2D eigenvalue weighted by atomic mass is 9.98. The number of nitrogens with one attached hydrogen (secondary N) is 1. The van der Waals surface area contributed by atoms with Gasteiger partial charge in [0.05, 0.1) is 25.6 Å². The van der Waals surface area contributed by atoms with Crippen molar-refractivity contribution in [1.82, 2.24) is 34.8 Å². The monoisotopic (exact) mass is 485 g/mol. The third kappa shape index (κ3) is 4.22. The number of tetrazole rings is 1. The molecule has 11 heteroatoms. The van der Waals surface area contributed by atoms with Crippen LogP contribution in [0.1, 0.15) is 29.8 Å². The third-order valence-electron chi connectivity index (χ3n) is 5.62. The van der Waals surface area contributed by atoms with Gasteiger partial charge in [0, 0.05) is 12.1 Å². The molecule has 5 rings (SSSR count). The van der Waals surface area contributed by atoms with Crippen molar-refractivity contribution in [3.8, 4) is 28.3 Å². The molecule has 1 N–H and O–H groups in total. The second-order valence-corrected chi connectivity index (χ2v) is 7.85. The number of fused-ring (bicyclic) bond motifs is 1. The van der Waals surface area contributed by atoms with E-state index in [0.29, 0.717) is 24.6 Å². The first-order valence-electron chi connectivity index (χ1n) is 11.4. The lowest BCUT2D eigenvalue weighted by Gasteiger charge is -2.14. The number of esters is 1. The van der Waals surface area contributed by atoms with Gasteiger partial charge in [-0.2, -0.15) is 14.8 Å². The molecule has 0 radical (unpaired) electrons. The van der Waals surface area contributed by atoms with Gasteiger partial charge in [0.15, 0.2) is 5.65 Å². The molecule has 0 spiro atoms. The van der Waals surface area contributed by atoms with E-state index in [4.69, 9.17) is 9.47 Å². The summed E-state index contributed by atoms with van der Waals surface area (Å²) in [6.07, 6.45) is 2.95. The van der Waals surface area contributed by atoms with Gasteiger partial charge in [-0.25, -0.2) is 4.79 Å². The molecular formula is C25H23N7O4. The minimum absolute atomic E-state index is 0.147. The molecule has 0 fully saturated rings. The zero-order valence-corrected chi connectivity index (χ0v) is 19.7. The zero-order chi connectivity index (χ0) is 25.1. The molecule has 0 aliphatic rings. The second-order valence-electron chi connectivity index (χ2n) is 7.85. The SMILES string of the molecule is CCOC(=O)c1cnn2c(=O)c(OCC)cn(Cc3ccc(-c4ccccc4-c4nn[nH]n4)cc3)c12. The molecule has 182 valence electrons. The molecular weight excluding hydrogens is 462 g/mol. The summed E-state index contributed by atoms with van der Waals surface area (Å²) >= 11 is 0. The van der Waals surface area contributed by atoms with Crippen molar-refractivity contribution >= 4 is 11.6 Å². The number of rotatable bonds is 8. The molecule has 0 unspecified atom stereocenters. The maximum Gasteiger partial charge on any atom is 0.343 e. The number of nitrogens with zero attached hydrogens (tertiary/aromatic N) is 6. The van der Waals surface area contributed by atoms with Gasteiger partial charge in [-0.1, -0.05) is 48.5 Å². The summed E-state index contributed by atoms with van der Waals surface area (Å²) in [5.74, 6) is 0.119. The van der Waals surface area contributed by atoms with E-state index in [9.17, 15) is 9.59 Å². The fourth-order valence-corrected chi connectivity index (χ4v) is 4.05. The van der Waals surface area contributed by atoms with Crippen LogP contribution in [0.5, 0.6) is 5.75 Å². The number of aromatic amines is 1. The smallest absolute Gasteiger partial charge is 0.343 e. The number of ether oxygens (including phenoxy) is 2. The van der Waals surface area contributed by atoms with Gasteiger partial charge in [0.1, 0.15) is 5.56 Å². The normalized spacial score (nSPS) is 11.1. The molecule has 36 heavy (non-hydrogen) atoms. The summed E-state index contributed by atoms with van der Waals surface area (Å²) in [5.41, 5.74) is 3.87. The average Bonchev–Trinajstić information content (AvgIpc) is 3.59. The van der Waals surface area contributed by atoms with Gasteiger partial charge in [-0.3, -0.25) is 4.79 Å². The van der Waals surface area contributed by atoms with E-state index >= 15 is 0 Å². The van der Waals surface area contributed by atoms with Gasteiger partial charge in [-0.05, 0) is 35.8 Å². The first-order chi connectivity index (χ1) is 17.6. The van der Waals surface area contributed by atoms with Crippen LogP contribution in [0.2, 0.25) is 0 Å². The Morgan fingerprint density at radius 2 is 1.81 bits per heavy atom. The van der Waals surface area contributed by atoms with Crippen molar-refractivity contribution in [2.45, 2.75) is 20.4 Å². The van der Waals surface area contributed by atoms with E-state index in [1.165, 1.54) is 10.7 Å². The molecule has 5 aromatic rings. The molecule has 3 heterocycles. The van der Waals surface area contributed by atoms with Crippen LogP contribution < -0.4 is 10.3 Å². The van der Waals surface area contributed by atoms with E-state index in [2.05, 4.69) is 25.7 Å². The Kier molecular flexibility index (Phi) is 6.27. The highest BCUT2D eigenvalue weighted by Crippen LogP contribution is 2.30. The number of hydrogen-bond donors (Lipinski definition) is 1. The minimum Gasteiger partial charge on any atom is -0.487 e. The Morgan fingerprint density at radius 1 is 1.03 bits per heavy atom. The van der Waals surface area contributed by atoms with Crippen molar-refractivity contribution in [1.29, 1.82) is 0 Å². The standard InChI is InChI=1S/C25H23N7O4/c1-3-35-21-15-31(23-20(25(34)36-4-2)13-26-32(23)24(21)33)14-16-9-11-17(12-10-16)18-7-5-6-8-19(18)22-27-29-30-28-22/h5-13,15H,3-4,14H2,1-2H3,(H,27,28,29,30). The Morgan fingerprint density at radius 3 is 2.50 bits per heavy atom. The van der Waals surface area contributed by atoms with Gasteiger partial charge >= 0.3 is 11.5 Å². The summed E-state index contributed by atoms with van der Waals surface area (Å²) < 4.78 is 13.6. The van der Waals surface area contributed by atoms with Crippen LogP contribution in [0.4, 0.5) is 0 Å². The fourth-order valence-electron chi connectivity index (χ4n) is 4.05. The van der Waals surface area contributed by atoms with E-state index in [1.807, 2.05) is 48.5 Å². The number of aromatic nitrogens is 7. The second kappa shape index (κ2) is 9.82. The number of benzene rings is 2. The lowest BCUT2D eigenvalue weighted by molar-refractivity contribution is 0.0528. The Labute approximate surface area is 205 Å². The molecule has 0 saturated carbocycles. The van der Waals surface area contributed by atoms with Gasteiger partial charge < -0.3 is 14.0 Å². The average molecular weight is 486 g/mol. The van der Waals surface area contributed by atoms with Crippen LogP contribution in [-0.4, -0.2) is 54.0 Å². The fraction of sp³-hybridized carbons (Fsp3) is 0.200. The van der Waals surface area contributed by atoms with Crippen LogP contribution >= 0.6 is 0 Å². The molecule has 0 amide bonds. The van der Waals surface area contributed by atoms with E-state index in [0.717, 1.165) is 22.3 Å². The van der Waals surface area contributed by atoms with Crippen molar-refractivity contribution in [2.24, 2.45) is 0 Å². The molecule has 0 atom stereocenters. The molecule has 11 nitrogen and oxygen atoms in total. The molecule has 0 aliphatic carbocycles. The molecule has 0 saturated heterocycles. The first kappa shape index (κ1) is 23.0. The van der Waals surface area contributed by atoms with E-state index in [1.54, 1.807) is 24.6 Å². The number of hydrogen-bond acceptors (Lipinski definition) is 8. The van der Waals surface area contributed by atoms with Crippen LogP contribution in [-0.2, 0) is 11.3 Å². The van der Waals surface area contributed by atoms with Crippen molar-refractivity contribution < 1.29 is 14.3 Å². The van der Waals surface area contributed by atoms with Crippen LogP contribution in [0.25, 0.3) is 28.2 Å². The quantitative estimate of drug-likeness (QED) is 0.332. The van der Waals surface area contributed by atoms with Crippen LogP contribution in [0.15, 0.2) is 65.7 Å². The van der Waals surface area contributed by atoms with E-state index in [-0.39, 0.29) is 17.9 Å². The van der Waals surface area contributed by atoms with Crippen molar-refractivity contribution in [3.05, 3.63) is 82.4 Å². The molecule has 0 bridgehead atoms. The number of carbonyl (C=O) groups excluding carboxylic acids is 1. The first-order valence-corrected chi connectivity index (χ1v) is 11.4. The van der Waals surface area contributed by atoms with Crippen molar-refractivity contribution in [2.75, 3.05) is 13.2 Å². The van der Waals surface area contributed by atoms with E-state index < -0.39 is 11.5 Å². The summed E-state index contributed by atoms with van der Waals surface area (Å²) in [4.78, 5) is 25.4. The van der Waals surface area contributed by atoms with Gasteiger partial charge in [0.2, 0.25) is 11.6 Å². The van der Waals surface area contributed by atoms with Gasteiger partial charge in [0.25, 0.3) is 0 Å². The Balaban J connectivity index is 1.53. The highest BCUT2D eigenvalue weighted by Gasteiger charge is 2.21. The summed E-state index contributed by atoms with van der Waals surface area (Å²) in [6, 6.07) is 15.8. The van der Waals surface area contributed by atoms with Crippen LogP contribution in [0.3, 0.4) is 0 Å². The van der Waals surface area contributed by atoms with Crippen molar-refractivity contribution in [3.63, 3.8) is 0 Å². The molecule has 2 aromatic carbocycles. The van der Waals surface area contributed by atoms with Crippen LogP contribution in [0, 0.1) is 0 Å². The van der Waals surface area contributed by atoms with Gasteiger partial charge in [-0.15, -0.1) is 10.2 Å². The summed E-state index contributed by atoms with van der Waals surface area (Å²) in [5, 5.41) is 18.5. The molecule has 3 aromatic heterocycles. The maximum absolute atomic E-state index is 12.8. The largest absolute Gasteiger partial charge is 0.487 e. The topological polar surface area (TPSA) is 129 Å². The predicted octanol–water partition coefficient (Wildman–Crippen LogP) is 2.97. The zero-order valence-electron chi connectivity index (χ0n) is 19.7. The maximum atomic E-state index is 12.8. The minimum atomic E-state index is -0.543. The lowest BCUT2D eigenvalue weighted by Crippen LogP contribution is -2.22. The predicted molar refractivity (Wildman–Crippen MR) is 131 cm³/mol. The number of H-pyrrole nitrogens is 1. The summed E-state index contributed by atoms with van der Waals surface area (Å²) in [7, 11) is 0.